The molecule has 0 saturated heterocycles. The van der Waals surface area contributed by atoms with Gasteiger partial charge in [-0.05, 0) is 43.5 Å². The molecule has 0 spiro atoms. The largest absolute Gasteiger partial charge is 0.335 e. The fraction of sp³-hybridized carbons (Fsp3) is 0.333. The van der Waals surface area contributed by atoms with Crippen LogP contribution >= 0.6 is 11.8 Å². The van der Waals surface area contributed by atoms with Crippen LogP contribution < -0.4 is 0 Å². The molecule has 146 valence electrons. The first-order valence-corrected chi connectivity index (χ1v) is 10.4. The van der Waals surface area contributed by atoms with Gasteiger partial charge in [0.05, 0.1) is 11.4 Å². The monoisotopic (exact) mass is 395 g/mol. The van der Waals surface area contributed by atoms with E-state index in [4.69, 9.17) is 0 Å². The Hall–Kier alpha value is -2.67. The zero-order chi connectivity index (χ0) is 19.9. The van der Waals surface area contributed by atoms with E-state index >= 15 is 0 Å². The molecule has 0 N–H and O–H groups in total. The van der Waals surface area contributed by atoms with Crippen LogP contribution in [-0.4, -0.2) is 42.4 Å². The van der Waals surface area contributed by atoms with E-state index in [1.165, 1.54) is 17.3 Å². The molecule has 28 heavy (non-hydrogen) atoms. The van der Waals surface area contributed by atoms with E-state index in [2.05, 4.69) is 34.2 Å². The lowest BCUT2D eigenvalue weighted by Gasteiger charge is -2.26. The van der Waals surface area contributed by atoms with Crippen molar-refractivity contribution in [3.63, 3.8) is 0 Å². The van der Waals surface area contributed by atoms with Crippen molar-refractivity contribution in [3.05, 3.63) is 66.2 Å². The maximum absolute atomic E-state index is 12.9. The Morgan fingerprint density at radius 2 is 2.04 bits per heavy atom. The van der Waals surface area contributed by atoms with Gasteiger partial charge >= 0.3 is 0 Å². The molecule has 1 aromatic carbocycles. The fourth-order valence-electron chi connectivity index (χ4n) is 2.99. The second-order valence-corrected chi connectivity index (χ2v) is 7.67. The van der Waals surface area contributed by atoms with E-state index in [0.29, 0.717) is 12.3 Å². The van der Waals surface area contributed by atoms with Gasteiger partial charge in [-0.3, -0.25) is 14.3 Å². The molecule has 0 saturated carbocycles. The second kappa shape index (κ2) is 9.50. The highest BCUT2D eigenvalue weighted by atomic mass is 32.2. The predicted molar refractivity (Wildman–Crippen MR) is 111 cm³/mol. The van der Waals surface area contributed by atoms with E-state index in [1.54, 1.807) is 18.7 Å². The molecule has 7 heteroatoms. The Balaban J connectivity index is 1.71. The van der Waals surface area contributed by atoms with Crippen LogP contribution in [0.5, 0.6) is 0 Å². The van der Waals surface area contributed by atoms with Gasteiger partial charge < -0.3 is 4.90 Å². The molecule has 0 unspecified atom stereocenters. The van der Waals surface area contributed by atoms with Gasteiger partial charge in [-0.15, -0.1) is 10.2 Å². The minimum Gasteiger partial charge on any atom is -0.335 e. The van der Waals surface area contributed by atoms with Crippen molar-refractivity contribution in [2.75, 3.05) is 5.75 Å². The third-order valence-corrected chi connectivity index (χ3v) is 5.42. The summed E-state index contributed by atoms with van der Waals surface area (Å²) in [6, 6.07) is 12.2. The summed E-state index contributed by atoms with van der Waals surface area (Å²) in [7, 11) is 0. The zero-order valence-electron chi connectivity index (χ0n) is 16.4. The van der Waals surface area contributed by atoms with Gasteiger partial charge in [0.2, 0.25) is 5.91 Å². The average molecular weight is 396 g/mol. The third kappa shape index (κ3) is 4.78. The summed E-state index contributed by atoms with van der Waals surface area (Å²) in [6.45, 7) is 6.73. The quantitative estimate of drug-likeness (QED) is 0.544. The number of aromatic nitrogens is 4. The topological polar surface area (TPSA) is 63.9 Å². The van der Waals surface area contributed by atoms with Crippen LogP contribution in [0.3, 0.4) is 0 Å². The molecule has 0 radical (unpaired) electrons. The highest BCUT2D eigenvalue weighted by molar-refractivity contribution is 7.99. The van der Waals surface area contributed by atoms with Gasteiger partial charge in [-0.2, -0.15) is 0 Å². The van der Waals surface area contributed by atoms with Crippen LogP contribution in [0.2, 0.25) is 0 Å². The Morgan fingerprint density at radius 3 is 2.75 bits per heavy atom. The molecule has 6 nitrogen and oxygen atoms in total. The molecule has 2 aromatic heterocycles. The molecule has 3 rings (SSSR count). The van der Waals surface area contributed by atoms with Crippen LogP contribution in [-0.2, 0) is 17.8 Å². The number of rotatable bonds is 8. The van der Waals surface area contributed by atoms with E-state index in [9.17, 15) is 4.79 Å². The average Bonchev–Trinajstić information content (AvgIpc) is 3.19. The molecule has 0 aliphatic heterocycles. The number of carbonyl (C=O) groups excluding carboxylic acids is 1. The van der Waals surface area contributed by atoms with E-state index in [1.807, 2.05) is 47.6 Å². The maximum atomic E-state index is 12.9. The number of para-hydroxylation sites is 1. The van der Waals surface area contributed by atoms with Crippen molar-refractivity contribution in [3.8, 4) is 5.69 Å². The first-order chi connectivity index (χ1) is 13.6. The number of pyridine rings is 1. The van der Waals surface area contributed by atoms with Crippen LogP contribution in [0.25, 0.3) is 5.69 Å². The number of nitrogens with zero attached hydrogens (tertiary/aromatic N) is 5. The van der Waals surface area contributed by atoms with Crippen molar-refractivity contribution in [2.24, 2.45) is 0 Å². The van der Waals surface area contributed by atoms with Gasteiger partial charge in [0.15, 0.2) is 5.16 Å². The van der Waals surface area contributed by atoms with Crippen LogP contribution in [0.1, 0.15) is 31.9 Å². The smallest absolute Gasteiger partial charge is 0.233 e. The number of thioether (sulfide) groups is 1. The first-order valence-electron chi connectivity index (χ1n) is 9.39. The van der Waals surface area contributed by atoms with Crippen molar-refractivity contribution < 1.29 is 4.79 Å². The summed E-state index contributed by atoms with van der Waals surface area (Å²) in [5, 5.41) is 9.00. The Bertz CT molecular complexity index is 910. The minimum atomic E-state index is 0.0715. The van der Waals surface area contributed by atoms with Gasteiger partial charge in [-0.25, -0.2) is 0 Å². The third-order valence-electron chi connectivity index (χ3n) is 4.49. The number of aryl methyl sites for hydroxylation is 1. The molecule has 0 atom stereocenters. The van der Waals surface area contributed by atoms with E-state index in [0.717, 1.165) is 22.8 Å². The van der Waals surface area contributed by atoms with Gasteiger partial charge in [-0.1, -0.05) is 43.0 Å². The first kappa shape index (κ1) is 20.1. The highest BCUT2D eigenvalue weighted by Gasteiger charge is 2.19. The molecular formula is C21H25N5OS. The summed E-state index contributed by atoms with van der Waals surface area (Å²) >= 11 is 1.41. The lowest BCUT2D eigenvalue weighted by molar-refractivity contribution is -0.130. The molecule has 2 heterocycles. The maximum Gasteiger partial charge on any atom is 0.233 e. The summed E-state index contributed by atoms with van der Waals surface area (Å²) in [5.74, 6) is 0.382. The van der Waals surface area contributed by atoms with Crippen molar-refractivity contribution in [1.82, 2.24) is 24.6 Å². The summed E-state index contributed by atoms with van der Waals surface area (Å²) in [5.41, 5.74) is 3.30. The van der Waals surface area contributed by atoms with E-state index < -0.39 is 0 Å². The Kier molecular flexibility index (Phi) is 6.81. The van der Waals surface area contributed by atoms with Gasteiger partial charge in [0, 0.05) is 25.0 Å². The standard InChI is InChI=1S/C21H25N5OS/c1-4-18-9-5-6-10-19(18)26-15-23-24-21(26)28-14-20(27)25(16(2)3)13-17-8-7-11-22-12-17/h5-12,15-16H,4,13-14H2,1-3H3. The molecule has 3 aromatic rings. The lowest BCUT2D eigenvalue weighted by Crippen LogP contribution is -2.37. The Morgan fingerprint density at radius 1 is 1.21 bits per heavy atom. The molecule has 0 bridgehead atoms. The predicted octanol–water partition coefficient (Wildman–Crippen LogP) is 3.75. The van der Waals surface area contributed by atoms with Crippen LogP contribution in [0.15, 0.2) is 60.3 Å². The second-order valence-electron chi connectivity index (χ2n) is 6.73. The molecule has 0 fully saturated rings. The van der Waals surface area contributed by atoms with E-state index in [-0.39, 0.29) is 11.9 Å². The normalized spacial score (nSPS) is 11.0. The number of hydrogen-bond acceptors (Lipinski definition) is 5. The lowest BCUT2D eigenvalue weighted by atomic mass is 10.1. The molecular weight excluding hydrogens is 370 g/mol. The molecule has 0 aliphatic carbocycles. The van der Waals surface area contributed by atoms with Gasteiger partial charge in [0.1, 0.15) is 6.33 Å². The van der Waals surface area contributed by atoms with Crippen molar-refractivity contribution in [2.45, 2.75) is 44.9 Å². The van der Waals surface area contributed by atoms with Crippen molar-refractivity contribution >= 4 is 17.7 Å². The zero-order valence-corrected chi connectivity index (χ0v) is 17.3. The van der Waals surface area contributed by atoms with Gasteiger partial charge in [0.25, 0.3) is 0 Å². The van der Waals surface area contributed by atoms with Crippen LogP contribution in [0.4, 0.5) is 0 Å². The highest BCUT2D eigenvalue weighted by Crippen LogP contribution is 2.23. The summed E-state index contributed by atoms with van der Waals surface area (Å²) in [6.07, 6.45) is 6.16. The number of hydrogen-bond donors (Lipinski definition) is 0. The molecule has 1 amide bonds. The number of amides is 1. The summed E-state index contributed by atoms with van der Waals surface area (Å²) < 4.78 is 1.96. The molecule has 0 aliphatic rings. The Labute approximate surface area is 170 Å². The summed E-state index contributed by atoms with van der Waals surface area (Å²) in [4.78, 5) is 18.9. The minimum absolute atomic E-state index is 0.0715. The van der Waals surface area contributed by atoms with Crippen LogP contribution in [0, 0.1) is 0 Å². The number of carbonyl (C=O) groups is 1. The number of benzene rings is 1. The fourth-order valence-corrected chi connectivity index (χ4v) is 3.80. The SMILES string of the molecule is CCc1ccccc1-n1cnnc1SCC(=O)N(Cc1cccnc1)C(C)C. The van der Waals surface area contributed by atoms with Crippen molar-refractivity contribution in [1.29, 1.82) is 0 Å².